The first-order valence-corrected chi connectivity index (χ1v) is 10.1. The van der Waals surface area contributed by atoms with Crippen molar-refractivity contribution in [3.8, 4) is 0 Å². The molecule has 2 rings (SSSR count). The lowest BCUT2D eigenvalue weighted by Crippen LogP contribution is -2.47. The number of nitrogens with zero attached hydrogens (tertiary/aromatic N) is 3. The number of carboxylic acids is 1. The van der Waals surface area contributed by atoms with E-state index in [1.165, 1.54) is 10.5 Å². The molecular weight excluding hydrogens is 360 g/mol. The molecule has 0 aromatic carbocycles. The Morgan fingerprint density at radius 1 is 1.38 bits per heavy atom. The van der Waals surface area contributed by atoms with Crippen LogP contribution >= 0.6 is 0 Å². The fourth-order valence-corrected chi connectivity index (χ4v) is 4.47. The van der Waals surface area contributed by atoms with Gasteiger partial charge in [-0.1, -0.05) is 13.3 Å². The second kappa shape index (κ2) is 8.17. The van der Waals surface area contributed by atoms with Gasteiger partial charge in [-0.3, -0.25) is 4.79 Å². The molecule has 1 fully saturated rings. The van der Waals surface area contributed by atoms with Crippen LogP contribution < -0.4 is 5.32 Å². The number of rotatable bonds is 7. The number of nitrogens with one attached hydrogen (secondary N) is 1. The van der Waals surface area contributed by atoms with Crippen LogP contribution in [0.3, 0.4) is 0 Å². The summed E-state index contributed by atoms with van der Waals surface area (Å²) in [6.45, 7) is 4.00. The van der Waals surface area contributed by atoms with Crippen molar-refractivity contribution >= 4 is 21.9 Å². The van der Waals surface area contributed by atoms with Crippen molar-refractivity contribution in [3.63, 3.8) is 0 Å². The number of piperidine rings is 1. The first-order chi connectivity index (χ1) is 12.2. The Morgan fingerprint density at radius 2 is 2.00 bits per heavy atom. The smallest absolute Gasteiger partial charge is 0.326 e. The summed E-state index contributed by atoms with van der Waals surface area (Å²) in [6, 6.07) is -0.897. The Kier molecular flexibility index (Phi) is 6.40. The van der Waals surface area contributed by atoms with E-state index in [1.807, 2.05) is 6.92 Å². The number of carbonyl (C=O) groups excluding carboxylic acids is 1. The molecule has 1 amide bonds. The molecule has 0 aliphatic carbocycles. The van der Waals surface area contributed by atoms with E-state index in [-0.39, 0.29) is 29.9 Å². The maximum absolute atomic E-state index is 12.7. The Morgan fingerprint density at radius 3 is 2.46 bits per heavy atom. The van der Waals surface area contributed by atoms with E-state index in [0.29, 0.717) is 31.5 Å². The number of aliphatic carboxylic acids is 1. The number of aryl methyl sites for hydroxylation is 2. The van der Waals surface area contributed by atoms with Crippen molar-refractivity contribution in [1.82, 2.24) is 19.2 Å². The van der Waals surface area contributed by atoms with Crippen LogP contribution in [0, 0.1) is 12.8 Å². The van der Waals surface area contributed by atoms with Gasteiger partial charge in [-0.05, 0) is 26.2 Å². The first kappa shape index (κ1) is 20.4. The van der Waals surface area contributed by atoms with Gasteiger partial charge in [0, 0.05) is 32.3 Å². The predicted molar refractivity (Wildman–Crippen MR) is 93.9 cm³/mol. The molecule has 1 atom stereocenters. The standard InChI is InChI=1S/C16H26N4O5S/c1-4-5-13(16(22)23)18-15(21)12-6-8-20(9-7-12)26(24,25)14-10-19(3)11(2)17-14/h10,12-13H,4-9H2,1-3H3,(H,18,21)(H,22,23). The van der Waals surface area contributed by atoms with Crippen LogP contribution in [0.25, 0.3) is 0 Å². The molecule has 146 valence electrons. The molecule has 9 nitrogen and oxygen atoms in total. The highest BCUT2D eigenvalue weighted by Gasteiger charge is 2.34. The highest BCUT2D eigenvalue weighted by atomic mass is 32.2. The summed E-state index contributed by atoms with van der Waals surface area (Å²) in [5.74, 6) is -1.15. The van der Waals surface area contributed by atoms with Crippen LogP contribution in [0.15, 0.2) is 11.2 Å². The number of hydrogen-bond acceptors (Lipinski definition) is 5. The Hall–Kier alpha value is -1.94. The normalized spacial score (nSPS) is 17.8. The zero-order valence-corrected chi connectivity index (χ0v) is 16.1. The van der Waals surface area contributed by atoms with Crippen molar-refractivity contribution in [3.05, 3.63) is 12.0 Å². The molecule has 10 heteroatoms. The van der Waals surface area contributed by atoms with E-state index in [9.17, 15) is 18.0 Å². The number of hydrogen-bond donors (Lipinski definition) is 2. The third-order valence-corrected chi connectivity index (χ3v) is 6.48. The van der Waals surface area contributed by atoms with Gasteiger partial charge in [0.25, 0.3) is 10.0 Å². The van der Waals surface area contributed by atoms with Crippen LogP contribution in [0.1, 0.15) is 38.4 Å². The van der Waals surface area contributed by atoms with Crippen LogP contribution in [-0.2, 0) is 26.7 Å². The SMILES string of the molecule is CCCC(NC(=O)C1CCN(S(=O)(=O)c2cn(C)c(C)n2)CC1)C(=O)O. The van der Waals surface area contributed by atoms with Crippen molar-refractivity contribution in [2.24, 2.45) is 13.0 Å². The molecule has 0 bridgehead atoms. The molecule has 1 aliphatic heterocycles. The van der Waals surface area contributed by atoms with Gasteiger partial charge in [0.1, 0.15) is 11.9 Å². The van der Waals surface area contributed by atoms with Crippen LogP contribution in [0.5, 0.6) is 0 Å². The van der Waals surface area contributed by atoms with E-state index >= 15 is 0 Å². The summed E-state index contributed by atoms with van der Waals surface area (Å²) in [4.78, 5) is 27.5. The lowest BCUT2D eigenvalue weighted by Gasteiger charge is -2.30. The topological polar surface area (TPSA) is 122 Å². The summed E-state index contributed by atoms with van der Waals surface area (Å²) in [6.07, 6.45) is 3.21. The average molecular weight is 386 g/mol. The van der Waals surface area contributed by atoms with Gasteiger partial charge in [-0.15, -0.1) is 0 Å². The second-order valence-electron chi connectivity index (χ2n) is 6.60. The van der Waals surface area contributed by atoms with Gasteiger partial charge in [0.2, 0.25) is 5.91 Å². The van der Waals surface area contributed by atoms with E-state index in [2.05, 4.69) is 10.3 Å². The van der Waals surface area contributed by atoms with E-state index in [0.717, 1.165) is 0 Å². The molecule has 1 unspecified atom stereocenters. The Labute approximate surface area is 153 Å². The van der Waals surface area contributed by atoms with E-state index in [4.69, 9.17) is 5.11 Å². The van der Waals surface area contributed by atoms with Gasteiger partial charge < -0.3 is 15.0 Å². The zero-order chi connectivity index (χ0) is 19.5. The number of carboxylic acid groups (broad SMARTS) is 1. The fourth-order valence-electron chi connectivity index (χ4n) is 2.98. The Bertz CT molecular complexity index is 746. The lowest BCUT2D eigenvalue weighted by molar-refractivity contribution is -0.142. The molecular formula is C16H26N4O5S. The molecule has 26 heavy (non-hydrogen) atoms. The van der Waals surface area contributed by atoms with Crippen molar-refractivity contribution < 1.29 is 23.1 Å². The average Bonchev–Trinajstić information content (AvgIpc) is 2.94. The van der Waals surface area contributed by atoms with E-state index in [1.54, 1.807) is 18.5 Å². The van der Waals surface area contributed by atoms with Gasteiger partial charge in [-0.2, -0.15) is 4.31 Å². The Balaban J connectivity index is 1.98. The van der Waals surface area contributed by atoms with Crippen molar-refractivity contribution in [1.29, 1.82) is 0 Å². The third-order valence-electron chi connectivity index (χ3n) is 4.71. The van der Waals surface area contributed by atoms with Gasteiger partial charge in [-0.25, -0.2) is 18.2 Å². The van der Waals surface area contributed by atoms with Crippen LogP contribution in [0.4, 0.5) is 0 Å². The molecule has 0 radical (unpaired) electrons. The first-order valence-electron chi connectivity index (χ1n) is 8.70. The van der Waals surface area contributed by atoms with Crippen molar-refractivity contribution in [2.75, 3.05) is 13.1 Å². The maximum atomic E-state index is 12.7. The van der Waals surface area contributed by atoms with E-state index < -0.39 is 22.0 Å². The molecule has 1 aromatic rings. The summed E-state index contributed by atoms with van der Waals surface area (Å²) in [5, 5.41) is 11.7. The molecule has 1 aliphatic rings. The molecule has 1 saturated heterocycles. The maximum Gasteiger partial charge on any atom is 0.326 e. The summed E-state index contributed by atoms with van der Waals surface area (Å²) in [7, 11) is -1.95. The quantitative estimate of drug-likeness (QED) is 0.704. The van der Waals surface area contributed by atoms with Crippen molar-refractivity contribution in [2.45, 2.75) is 50.6 Å². The summed E-state index contributed by atoms with van der Waals surface area (Å²) >= 11 is 0. The number of aromatic nitrogens is 2. The second-order valence-corrected chi connectivity index (χ2v) is 8.49. The minimum Gasteiger partial charge on any atom is -0.480 e. The molecule has 1 aromatic heterocycles. The summed E-state index contributed by atoms with van der Waals surface area (Å²) in [5.41, 5.74) is 0. The number of sulfonamides is 1. The highest BCUT2D eigenvalue weighted by molar-refractivity contribution is 7.89. The number of carbonyl (C=O) groups is 2. The van der Waals surface area contributed by atoms with Gasteiger partial charge in [0.05, 0.1) is 0 Å². The minimum absolute atomic E-state index is 0.00860. The monoisotopic (exact) mass is 386 g/mol. The largest absolute Gasteiger partial charge is 0.480 e. The number of amides is 1. The molecule has 2 N–H and O–H groups in total. The zero-order valence-electron chi connectivity index (χ0n) is 15.3. The fraction of sp³-hybridized carbons (Fsp3) is 0.688. The molecule has 2 heterocycles. The molecule has 0 saturated carbocycles. The van der Waals surface area contributed by atoms with Gasteiger partial charge in [0.15, 0.2) is 5.03 Å². The van der Waals surface area contributed by atoms with Crippen LogP contribution in [-0.4, -0.2) is 58.4 Å². The predicted octanol–water partition coefficient (Wildman–Crippen LogP) is 0.499. The number of imidazole rings is 1. The lowest BCUT2D eigenvalue weighted by atomic mass is 9.96. The minimum atomic E-state index is -3.68. The summed E-state index contributed by atoms with van der Waals surface area (Å²) < 4.78 is 28.3. The molecule has 0 spiro atoms. The third kappa shape index (κ3) is 4.42. The van der Waals surface area contributed by atoms with Crippen LogP contribution in [0.2, 0.25) is 0 Å². The highest BCUT2D eigenvalue weighted by Crippen LogP contribution is 2.23. The van der Waals surface area contributed by atoms with Gasteiger partial charge >= 0.3 is 5.97 Å².